The Morgan fingerprint density at radius 1 is 1.12 bits per heavy atom. The summed E-state index contributed by atoms with van der Waals surface area (Å²) in [6.07, 6.45) is 0. The quantitative estimate of drug-likeness (QED) is 0.860. The fourth-order valence-corrected chi connectivity index (χ4v) is 3.36. The van der Waals surface area contributed by atoms with Crippen molar-refractivity contribution in [1.29, 1.82) is 0 Å². The van der Waals surface area contributed by atoms with Crippen molar-refractivity contribution in [2.75, 3.05) is 7.05 Å². The second kappa shape index (κ2) is 5.67. The molecular weight excluding hydrogens is 250 g/mol. The van der Waals surface area contributed by atoms with Crippen LogP contribution in [0.5, 0.6) is 0 Å². The zero-order valence-electron chi connectivity index (χ0n) is 9.98. The Balaban J connectivity index is 2.25. The first kappa shape index (κ1) is 12.6. The van der Waals surface area contributed by atoms with Gasteiger partial charge in [-0.05, 0) is 24.7 Å². The molecule has 2 unspecified atom stereocenters. The predicted octanol–water partition coefficient (Wildman–Crippen LogP) is 4.47. The molecule has 0 aliphatic carbocycles. The summed E-state index contributed by atoms with van der Waals surface area (Å²) >= 11 is 7.65. The molecule has 2 atom stereocenters. The highest BCUT2D eigenvalue weighted by Gasteiger charge is 2.20. The minimum atomic E-state index is 0.315. The van der Waals surface area contributed by atoms with Crippen molar-refractivity contribution in [2.24, 2.45) is 0 Å². The number of nitrogens with one attached hydrogen (secondary N) is 1. The molecule has 0 fully saturated rings. The zero-order valence-corrected chi connectivity index (χ0v) is 11.6. The van der Waals surface area contributed by atoms with Gasteiger partial charge in [0.15, 0.2) is 0 Å². The summed E-state index contributed by atoms with van der Waals surface area (Å²) in [5.41, 5.74) is 1.34. The standard InChI is InChI=1S/C14H16ClNS/c1-10(11-6-4-3-5-7-11)14(16-2)12-8-9-13(15)17-12/h3-10,14,16H,1-2H3. The fourth-order valence-electron chi connectivity index (χ4n) is 2.08. The molecule has 0 bridgehead atoms. The van der Waals surface area contributed by atoms with E-state index < -0.39 is 0 Å². The summed E-state index contributed by atoms with van der Waals surface area (Å²) < 4.78 is 0.848. The van der Waals surface area contributed by atoms with Crippen molar-refractivity contribution >= 4 is 22.9 Å². The summed E-state index contributed by atoms with van der Waals surface area (Å²) in [4.78, 5) is 1.29. The van der Waals surface area contributed by atoms with Gasteiger partial charge < -0.3 is 5.32 Å². The van der Waals surface area contributed by atoms with Gasteiger partial charge in [-0.2, -0.15) is 0 Å². The number of halogens is 1. The molecule has 17 heavy (non-hydrogen) atoms. The molecule has 2 rings (SSSR count). The van der Waals surface area contributed by atoms with Gasteiger partial charge in [-0.1, -0.05) is 48.9 Å². The van der Waals surface area contributed by atoms with Gasteiger partial charge in [0, 0.05) is 16.8 Å². The van der Waals surface area contributed by atoms with E-state index in [-0.39, 0.29) is 0 Å². The molecule has 0 spiro atoms. The first-order valence-corrected chi connectivity index (χ1v) is 6.89. The van der Waals surface area contributed by atoms with Gasteiger partial charge in [-0.15, -0.1) is 11.3 Å². The van der Waals surface area contributed by atoms with E-state index in [0.717, 1.165) is 4.34 Å². The number of benzene rings is 1. The van der Waals surface area contributed by atoms with Crippen LogP contribution in [0, 0.1) is 0 Å². The maximum absolute atomic E-state index is 6.00. The Kier molecular flexibility index (Phi) is 4.21. The second-order valence-corrected chi connectivity index (χ2v) is 5.85. The predicted molar refractivity (Wildman–Crippen MR) is 76.0 cm³/mol. The lowest BCUT2D eigenvalue weighted by atomic mass is 9.92. The molecule has 1 heterocycles. The monoisotopic (exact) mass is 265 g/mol. The normalized spacial score (nSPS) is 14.5. The molecule has 0 aliphatic rings. The van der Waals surface area contributed by atoms with Crippen LogP contribution in [0.1, 0.15) is 29.3 Å². The number of likely N-dealkylation sites (N-methyl/N-ethyl adjacent to an activating group) is 1. The molecule has 1 aromatic carbocycles. The molecule has 0 saturated carbocycles. The summed E-state index contributed by atoms with van der Waals surface area (Å²) in [7, 11) is 2.00. The molecule has 1 aromatic heterocycles. The topological polar surface area (TPSA) is 12.0 Å². The third-order valence-corrected chi connectivity index (χ3v) is 4.35. The van der Waals surface area contributed by atoms with E-state index in [9.17, 15) is 0 Å². The molecule has 90 valence electrons. The lowest BCUT2D eigenvalue weighted by Gasteiger charge is -2.22. The third-order valence-electron chi connectivity index (χ3n) is 3.04. The van der Waals surface area contributed by atoms with Crippen molar-refractivity contribution < 1.29 is 0 Å². The van der Waals surface area contributed by atoms with Gasteiger partial charge in [0.05, 0.1) is 4.34 Å². The maximum atomic E-state index is 6.00. The Morgan fingerprint density at radius 2 is 1.82 bits per heavy atom. The first-order valence-electron chi connectivity index (χ1n) is 5.70. The van der Waals surface area contributed by atoms with Crippen molar-refractivity contribution in [1.82, 2.24) is 5.32 Å². The number of hydrogen-bond donors (Lipinski definition) is 1. The Bertz CT molecular complexity index is 466. The van der Waals surface area contributed by atoms with E-state index in [1.165, 1.54) is 10.4 Å². The van der Waals surface area contributed by atoms with Crippen LogP contribution in [0.2, 0.25) is 4.34 Å². The van der Waals surface area contributed by atoms with Crippen molar-refractivity contribution in [2.45, 2.75) is 18.9 Å². The highest BCUT2D eigenvalue weighted by Crippen LogP contribution is 2.35. The molecule has 1 N–H and O–H groups in total. The lowest BCUT2D eigenvalue weighted by Crippen LogP contribution is -2.21. The van der Waals surface area contributed by atoms with Crippen LogP contribution in [0.25, 0.3) is 0 Å². The average molecular weight is 266 g/mol. The van der Waals surface area contributed by atoms with E-state index in [2.05, 4.69) is 42.6 Å². The molecule has 0 saturated heterocycles. The minimum Gasteiger partial charge on any atom is -0.312 e. The van der Waals surface area contributed by atoms with E-state index >= 15 is 0 Å². The second-order valence-electron chi connectivity index (χ2n) is 4.11. The SMILES string of the molecule is CNC(c1ccc(Cl)s1)C(C)c1ccccc1. The average Bonchev–Trinajstić information content (AvgIpc) is 2.78. The van der Waals surface area contributed by atoms with Gasteiger partial charge >= 0.3 is 0 Å². The first-order chi connectivity index (χ1) is 8.22. The highest BCUT2D eigenvalue weighted by atomic mass is 35.5. The van der Waals surface area contributed by atoms with Crippen molar-refractivity contribution in [3.05, 3.63) is 57.2 Å². The van der Waals surface area contributed by atoms with Gasteiger partial charge in [-0.25, -0.2) is 0 Å². The summed E-state index contributed by atoms with van der Waals surface area (Å²) in [5, 5.41) is 3.38. The van der Waals surface area contributed by atoms with Crippen LogP contribution in [0.4, 0.5) is 0 Å². The smallest absolute Gasteiger partial charge is 0.0931 e. The maximum Gasteiger partial charge on any atom is 0.0931 e. The molecular formula is C14H16ClNS. The highest BCUT2D eigenvalue weighted by molar-refractivity contribution is 7.16. The molecule has 0 aliphatic heterocycles. The van der Waals surface area contributed by atoms with Crippen LogP contribution in [-0.4, -0.2) is 7.05 Å². The van der Waals surface area contributed by atoms with Gasteiger partial charge in [0.1, 0.15) is 0 Å². The Hall–Kier alpha value is -0.830. The Labute approximate surface area is 111 Å². The van der Waals surface area contributed by atoms with Gasteiger partial charge in [0.25, 0.3) is 0 Å². The molecule has 3 heteroatoms. The minimum absolute atomic E-state index is 0.315. The van der Waals surface area contributed by atoms with Crippen LogP contribution >= 0.6 is 22.9 Å². The molecule has 2 aromatic rings. The van der Waals surface area contributed by atoms with Gasteiger partial charge in [-0.3, -0.25) is 0 Å². The third kappa shape index (κ3) is 2.89. The molecule has 1 nitrogen and oxygen atoms in total. The van der Waals surface area contributed by atoms with E-state index in [4.69, 9.17) is 11.6 Å². The summed E-state index contributed by atoms with van der Waals surface area (Å²) in [6.45, 7) is 2.24. The lowest BCUT2D eigenvalue weighted by molar-refractivity contribution is 0.516. The van der Waals surface area contributed by atoms with E-state index in [1.807, 2.05) is 19.2 Å². The van der Waals surface area contributed by atoms with Crippen LogP contribution < -0.4 is 5.32 Å². The zero-order chi connectivity index (χ0) is 12.3. The van der Waals surface area contributed by atoms with Crippen LogP contribution in [0.15, 0.2) is 42.5 Å². The molecule has 0 amide bonds. The largest absolute Gasteiger partial charge is 0.312 e. The van der Waals surface area contributed by atoms with Gasteiger partial charge in [0.2, 0.25) is 0 Å². The summed E-state index contributed by atoms with van der Waals surface area (Å²) in [5.74, 6) is 0.427. The van der Waals surface area contributed by atoms with Crippen molar-refractivity contribution in [3.8, 4) is 0 Å². The fraction of sp³-hybridized carbons (Fsp3) is 0.286. The number of hydrogen-bond acceptors (Lipinski definition) is 2. The number of rotatable bonds is 4. The van der Waals surface area contributed by atoms with E-state index in [1.54, 1.807) is 11.3 Å². The van der Waals surface area contributed by atoms with Crippen LogP contribution in [0.3, 0.4) is 0 Å². The number of thiophene rings is 1. The molecule has 0 radical (unpaired) electrons. The van der Waals surface area contributed by atoms with Crippen LogP contribution in [-0.2, 0) is 0 Å². The summed E-state index contributed by atoms with van der Waals surface area (Å²) in [6, 6.07) is 14.9. The van der Waals surface area contributed by atoms with E-state index in [0.29, 0.717) is 12.0 Å². The Morgan fingerprint density at radius 3 is 2.35 bits per heavy atom. The van der Waals surface area contributed by atoms with Crippen molar-refractivity contribution in [3.63, 3.8) is 0 Å².